The van der Waals surface area contributed by atoms with Crippen LogP contribution in [0.3, 0.4) is 0 Å². The molecule has 2 atom stereocenters. The quantitative estimate of drug-likeness (QED) is 0.186. The number of nitrogens with one attached hydrogen (secondary N) is 2. The van der Waals surface area contributed by atoms with Crippen LogP contribution in [-0.2, 0) is 19.4 Å². The monoisotopic (exact) mass is 582 g/mol. The summed E-state index contributed by atoms with van der Waals surface area (Å²) < 4.78 is 28.2. The topological polar surface area (TPSA) is 109 Å². The Balaban J connectivity index is 1.80. The molecular formula is C32H40F2N4O4. The highest BCUT2D eigenvalue weighted by Crippen LogP contribution is 2.14. The number of hydrogen-bond donors (Lipinski definition) is 3. The van der Waals surface area contributed by atoms with Gasteiger partial charge >= 0.3 is 0 Å². The third-order valence-corrected chi connectivity index (χ3v) is 6.87. The SMILES string of the molecule is CCCN(CCC)C(=O)c1cc(C(=O)N[C@@H](Cc2cc(F)cc(F)c2)[C@H](O)CNCc2cccc(CC)c2)c[n+]([O-])c1. The third-order valence-electron chi connectivity index (χ3n) is 6.87. The molecule has 3 aromatic rings. The molecule has 0 aliphatic heterocycles. The van der Waals surface area contributed by atoms with Crippen LogP contribution in [0.1, 0.15) is 71.0 Å². The molecule has 0 radical (unpaired) electrons. The molecule has 8 nitrogen and oxygen atoms in total. The zero-order valence-electron chi connectivity index (χ0n) is 24.4. The van der Waals surface area contributed by atoms with Gasteiger partial charge in [-0.3, -0.25) is 9.59 Å². The van der Waals surface area contributed by atoms with Gasteiger partial charge in [-0.1, -0.05) is 45.0 Å². The fourth-order valence-corrected chi connectivity index (χ4v) is 4.82. The van der Waals surface area contributed by atoms with Crippen molar-refractivity contribution in [2.24, 2.45) is 0 Å². The number of pyridine rings is 1. The predicted molar refractivity (Wildman–Crippen MR) is 157 cm³/mol. The molecule has 0 spiro atoms. The molecule has 42 heavy (non-hydrogen) atoms. The number of carbonyl (C=O) groups excluding carboxylic acids is 2. The Morgan fingerprint density at radius 2 is 1.57 bits per heavy atom. The van der Waals surface area contributed by atoms with E-state index in [9.17, 15) is 28.7 Å². The molecule has 3 N–H and O–H groups in total. The minimum absolute atomic E-state index is 0.0693. The number of hydrogen-bond acceptors (Lipinski definition) is 5. The van der Waals surface area contributed by atoms with E-state index in [0.717, 1.165) is 55.4 Å². The maximum absolute atomic E-state index is 13.9. The molecule has 1 heterocycles. The van der Waals surface area contributed by atoms with Gasteiger partial charge in [0.05, 0.1) is 12.1 Å². The molecule has 0 fully saturated rings. The summed E-state index contributed by atoms with van der Waals surface area (Å²) in [6.07, 6.45) is 3.30. The van der Waals surface area contributed by atoms with Gasteiger partial charge in [-0.25, -0.2) is 8.78 Å². The van der Waals surface area contributed by atoms with Crippen molar-refractivity contribution < 1.29 is 28.2 Å². The molecule has 0 aliphatic carbocycles. The molecule has 1 aromatic heterocycles. The van der Waals surface area contributed by atoms with Crippen LogP contribution in [0, 0.1) is 16.8 Å². The van der Waals surface area contributed by atoms with E-state index in [-0.39, 0.29) is 35.6 Å². The first-order chi connectivity index (χ1) is 20.1. The molecule has 2 aromatic carbocycles. The van der Waals surface area contributed by atoms with Gasteiger partial charge in [-0.05, 0) is 60.6 Å². The Hall–Kier alpha value is -3.89. The number of aliphatic hydroxyl groups is 1. The summed E-state index contributed by atoms with van der Waals surface area (Å²) in [4.78, 5) is 28.0. The lowest BCUT2D eigenvalue weighted by atomic mass is 10.00. The first kappa shape index (κ1) is 32.6. The number of nitrogens with zero attached hydrogens (tertiary/aromatic N) is 2. The van der Waals surface area contributed by atoms with Crippen molar-refractivity contribution in [2.45, 2.75) is 65.1 Å². The first-order valence-electron chi connectivity index (χ1n) is 14.4. The standard InChI is InChI=1S/C32H40F2N4O4/c1-4-10-37(11-5-2)32(41)26-16-25(20-38(42)21-26)31(40)36-29(15-24-13-27(33)17-28(34)14-24)30(39)19-35-18-23-9-7-8-22(6-3)12-23/h7-9,12-14,16-17,20-21,29-30,35,39H,4-6,10-11,15,18-19H2,1-3H3,(H,36,40)/t29-,30+/m0/s1. The number of aryl methyl sites for hydroxylation is 1. The van der Waals surface area contributed by atoms with Crippen LogP contribution < -0.4 is 15.4 Å². The van der Waals surface area contributed by atoms with Gasteiger partial charge in [0.25, 0.3) is 11.8 Å². The smallest absolute Gasteiger partial charge is 0.259 e. The second kappa shape index (κ2) is 15.9. The number of amides is 2. The molecule has 0 saturated carbocycles. The maximum atomic E-state index is 13.9. The van der Waals surface area contributed by atoms with Gasteiger partial charge in [-0.2, -0.15) is 4.73 Å². The van der Waals surface area contributed by atoms with Crippen molar-refractivity contribution >= 4 is 11.8 Å². The Kier molecular flexibility index (Phi) is 12.4. The predicted octanol–water partition coefficient (Wildman–Crippen LogP) is 3.91. The van der Waals surface area contributed by atoms with E-state index >= 15 is 0 Å². The van der Waals surface area contributed by atoms with E-state index in [1.54, 1.807) is 4.90 Å². The molecule has 2 amide bonds. The Bertz CT molecular complexity index is 1330. The van der Waals surface area contributed by atoms with Gasteiger partial charge in [0.1, 0.15) is 22.8 Å². The van der Waals surface area contributed by atoms with E-state index < -0.39 is 29.7 Å². The lowest BCUT2D eigenvalue weighted by Gasteiger charge is -2.25. The largest absolute Gasteiger partial charge is 0.619 e. The molecule has 0 saturated heterocycles. The van der Waals surface area contributed by atoms with Crippen molar-refractivity contribution in [1.82, 2.24) is 15.5 Å². The highest BCUT2D eigenvalue weighted by atomic mass is 19.1. The van der Waals surface area contributed by atoms with Crippen LogP contribution in [0.2, 0.25) is 0 Å². The highest BCUT2D eigenvalue weighted by Gasteiger charge is 2.26. The Morgan fingerprint density at radius 3 is 2.21 bits per heavy atom. The summed E-state index contributed by atoms with van der Waals surface area (Å²) in [5.74, 6) is -2.62. The lowest BCUT2D eigenvalue weighted by Crippen LogP contribution is -2.49. The number of carbonyl (C=O) groups is 2. The third kappa shape index (κ3) is 9.60. The summed E-state index contributed by atoms with van der Waals surface area (Å²) >= 11 is 0. The second-order valence-electron chi connectivity index (χ2n) is 10.4. The van der Waals surface area contributed by atoms with Crippen LogP contribution >= 0.6 is 0 Å². The minimum Gasteiger partial charge on any atom is -0.619 e. The number of benzene rings is 2. The fourth-order valence-electron chi connectivity index (χ4n) is 4.82. The molecule has 226 valence electrons. The first-order valence-corrected chi connectivity index (χ1v) is 14.4. The highest BCUT2D eigenvalue weighted by molar-refractivity contribution is 5.99. The van der Waals surface area contributed by atoms with Gasteiger partial charge in [0, 0.05) is 32.2 Å². The van der Waals surface area contributed by atoms with Crippen LogP contribution in [0.15, 0.2) is 60.9 Å². The molecule has 0 bridgehead atoms. The summed E-state index contributed by atoms with van der Waals surface area (Å²) in [5, 5.41) is 29.3. The summed E-state index contributed by atoms with van der Waals surface area (Å²) in [5.41, 5.74) is 2.44. The maximum Gasteiger partial charge on any atom is 0.259 e. The van der Waals surface area contributed by atoms with E-state index in [2.05, 4.69) is 23.6 Å². The van der Waals surface area contributed by atoms with E-state index in [1.165, 1.54) is 11.6 Å². The van der Waals surface area contributed by atoms with Crippen LogP contribution in [0.25, 0.3) is 0 Å². The van der Waals surface area contributed by atoms with Gasteiger partial charge in [0.2, 0.25) is 0 Å². The zero-order chi connectivity index (χ0) is 30.6. The van der Waals surface area contributed by atoms with Gasteiger partial charge in [0.15, 0.2) is 12.4 Å². The van der Waals surface area contributed by atoms with Crippen molar-refractivity contribution in [2.75, 3.05) is 19.6 Å². The molecule has 0 unspecified atom stereocenters. The summed E-state index contributed by atoms with van der Waals surface area (Å²) in [6.45, 7) is 7.51. The Labute approximate surface area is 246 Å². The number of rotatable bonds is 15. The second-order valence-corrected chi connectivity index (χ2v) is 10.4. The summed E-state index contributed by atoms with van der Waals surface area (Å²) in [7, 11) is 0. The van der Waals surface area contributed by atoms with Crippen LogP contribution in [0.5, 0.6) is 0 Å². The van der Waals surface area contributed by atoms with Crippen molar-refractivity contribution in [1.29, 1.82) is 0 Å². The van der Waals surface area contributed by atoms with E-state index in [4.69, 9.17) is 0 Å². The molecule has 0 aliphatic rings. The van der Waals surface area contributed by atoms with Crippen molar-refractivity contribution in [3.8, 4) is 0 Å². The number of aromatic nitrogens is 1. The number of aliphatic hydroxyl groups excluding tert-OH is 1. The van der Waals surface area contributed by atoms with Gasteiger partial charge in [-0.15, -0.1) is 0 Å². The minimum atomic E-state index is -1.15. The average molecular weight is 583 g/mol. The average Bonchev–Trinajstić information content (AvgIpc) is 2.95. The summed E-state index contributed by atoms with van der Waals surface area (Å²) in [6, 6.07) is 11.4. The Morgan fingerprint density at radius 1 is 0.929 bits per heavy atom. The number of halogens is 2. The lowest BCUT2D eigenvalue weighted by molar-refractivity contribution is -0.605. The zero-order valence-corrected chi connectivity index (χ0v) is 24.4. The fraction of sp³-hybridized carbons (Fsp3) is 0.406. The molecule has 10 heteroatoms. The molecular weight excluding hydrogens is 542 g/mol. The normalized spacial score (nSPS) is 12.5. The van der Waals surface area contributed by atoms with Crippen LogP contribution in [0.4, 0.5) is 8.78 Å². The van der Waals surface area contributed by atoms with Gasteiger partial charge < -0.3 is 25.8 Å². The van der Waals surface area contributed by atoms with Crippen LogP contribution in [-0.4, -0.2) is 53.6 Å². The van der Waals surface area contributed by atoms with Crippen molar-refractivity contribution in [3.05, 3.63) is 106 Å². The van der Waals surface area contributed by atoms with E-state index in [1.807, 2.05) is 32.0 Å². The molecule has 3 rings (SSSR count). The van der Waals surface area contributed by atoms with Crippen molar-refractivity contribution in [3.63, 3.8) is 0 Å². The van der Waals surface area contributed by atoms with E-state index in [0.29, 0.717) is 24.4 Å².